The maximum Gasteiger partial charge on any atom is 0.190 e. The van der Waals surface area contributed by atoms with Gasteiger partial charge in [0.1, 0.15) is 5.82 Å². The molecule has 0 N–H and O–H groups in total. The molecule has 0 amide bonds. The highest BCUT2D eigenvalue weighted by molar-refractivity contribution is 6.30. The van der Waals surface area contributed by atoms with Crippen LogP contribution in [0.1, 0.15) is 0 Å². The van der Waals surface area contributed by atoms with Gasteiger partial charge in [-0.3, -0.25) is 0 Å². The van der Waals surface area contributed by atoms with Gasteiger partial charge in [0, 0.05) is 10.6 Å². The average molecular weight is 417 g/mol. The van der Waals surface area contributed by atoms with E-state index in [-0.39, 0.29) is 5.82 Å². The molecule has 146 valence electrons. The number of nitrogens with zero attached hydrogens (tertiary/aromatic N) is 6. The largest absolute Gasteiger partial charge is 0.232 e. The average Bonchev–Trinajstić information content (AvgIpc) is 3.42. The topological polar surface area (TPSA) is 61.4 Å². The van der Waals surface area contributed by atoms with Gasteiger partial charge in [-0.1, -0.05) is 41.9 Å². The standard InChI is InChI=1S/C22H14ClFN6/c23-16-9-11-19(12-10-16)29-21(15-5-4-6-17(24)13-15)20(14-25-29)22-26-27-28-30(22)18-7-2-1-3-8-18/h1-14H. The third kappa shape index (κ3) is 3.25. The van der Waals surface area contributed by atoms with E-state index in [1.54, 1.807) is 33.8 Å². The third-order valence-electron chi connectivity index (χ3n) is 4.65. The van der Waals surface area contributed by atoms with Crippen LogP contribution in [0.2, 0.25) is 5.02 Å². The molecule has 0 fully saturated rings. The molecule has 0 aliphatic rings. The predicted octanol–water partition coefficient (Wildman–Crippen LogP) is 4.97. The van der Waals surface area contributed by atoms with Crippen molar-refractivity contribution in [3.63, 3.8) is 0 Å². The molecule has 0 unspecified atom stereocenters. The maximum atomic E-state index is 14.1. The summed E-state index contributed by atoms with van der Waals surface area (Å²) in [5, 5.41) is 17.4. The van der Waals surface area contributed by atoms with Crippen LogP contribution in [0.4, 0.5) is 4.39 Å². The van der Waals surface area contributed by atoms with Crippen LogP contribution >= 0.6 is 11.6 Å². The Kier molecular flexibility index (Phi) is 4.57. The Hall–Kier alpha value is -3.84. The summed E-state index contributed by atoms with van der Waals surface area (Å²) < 4.78 is 17.4. The van der Waals surface area contributed by atoms with Crippen molar-refractivity contribution in [1.29, 1.82) is 0 Å². The number of benzene rings is 3. The Bertz CT molecular complexity index is 1310. The van der Waals surface area contributed by atoms with Crippen LogP contribution in [0.3, 0.4) is 0 Å². The van der Waals surface area contributed by atoms with Crippen LogP contribution in [-0.4, -0.2) is 30.0 Å². The summed E-state index contributed by atoms with van der Waals surface area (Å²) in [6, 6.07) is 23.2. The number of tetrazole rings is 1. The summed E-state index contributed by atoms with van der Waals surface area (Å²) >= 11 is 6.04. The lowest BCUT2D eigenvalue weighted by atomic mass is 10.1. The van der Waals surface area contributed by atoms with Crippen molar-refractivity contribution in [2.75, 3.05) is 0 Å². The van der Waals surface area contributed by atoms with Gasteiger partial charge in [-0.15, -0.1) is 5.10 Å². The van der Waals surface area contributed by atoms with Crippen molar-refractivity contribution in [3.05, 3.63) is 95.9 Å². The maximum absolute atomic E-state index is 14.1. The van der Waals surface area contributed by atoms with Gasteiger partial charge >= 0.3 is 0 Å². The molecule has 0 atom stereocenters. The van der Waals surface area contributed by atoms with E-state index < -0.39 is 0 Å². The van der Waals surface area contributed by atoms with Crippen molar-refractivity contribution in [2.45, 2.75) is 0 Å². The molecule has 2 heterocycles. The fourth-order valence-corrected chi connectivity index (χ4v) is 3.43. The Morgan fingerprint density at radius 1 is 0.800 bits per heavy atom. The zero-order valence-corrected chi connectivity index (χ0v) is 16.3. The van der Waals surface area contributed by atoms with Gasteiger partial charge in [0.05, 0.1) is 28.8 Å². The van der Waals surface area contributed by atoms with Crippen LogP contribution in [0.15, 0.2) is 85.1 Å². The summed E-state index contributed by atoms with van der Waals surface area (Å²) in [4.78, 5) is 0. The molecule has 6 nitrogen and oxygen atoms in total. The highest BCUT2D eigenvalue weighted by Gasteiger charge is 2.21. The van der Waals surface area contributed by atoms with Crippen LogP contribution in [0.25, 0.3) is 34.0 Å². The van der Waals surface area contributed by atoms with E-state index in [1.165, 1.54) is 12.1 Å². The first-order valence-electron chi connectivity index (χ1n) is 9.15. The van der Waals surface area contributed by atoms with E-state index in [9.17, 15) is 4.39 Å². The molecule has 0 saturated carbocycles. The van der Waals surface area contributed by atoms with Gasteiger partial charge in [-0.2, -0.15) is 9.78 Å². The minimum absolute atomic E-state index is 0.343. The number of halogens is 2. The van der Waals surface area contributed by atoms with Gasteiger partial charge in [0.25, 0.3) is 0 Å². The van der Waals surface area contributed by atoms with E-state index in [1.807, 2.05) is 48.5 Å². The molecule has 0 saturated heterocycles. The number of aromatic nitrogens is 6. The minimum Gasteiger partial charge on any atom is -0.232 e. The van der Waals surface area contributed by atoms with Gasteiger partial charge in [0.2, 0.25) is 0 Å². The van der Waals surface area contributed by atoms with Crippen molar-refractivity contribution in [2.24, 2.45) is 0 Å². The molecule has 0 radical (unpaired) electrons. The highest BCUT2D eigenvalue weighted by Crippen LogP contribution is 2.34. The van der Waals surface area contributed by atoms with E-state index in [0.29, 0.717) is 27.7 Å². The SMILES string of the molecule is Fc1cccc(-c2c(-c3nnnn3-c3ccccc3)cnn2-c2ccc(Cl)cc2)c1. The molecular weight excluding hydrogens is 403 g/mol. The fourth-order valence-electron chi connectivity index (χ4n) is 3.30. The van der Waals surface area contributed by atoms with Crippen LogP contribution in [0, 0.1) is 5.82 Å². The van der Waals surface area contributed by atoms with Crippen LogP contribution < -0.4 is 0 Å². The first-order chi connectivity index (χ1) is 14.7. The lowest BCUT2D eigenvalue weighted by molar-refractivity contribution is 0.628. The Balaban J connectivity index is 1.75. The van der Waals surface area contributed by atoms with Gasteiger partial charge in [0.15, 0.2) is 5.82 Å². The molecule has 30 heavy (non-hydrogen) atoms. The lowest BCUT2D eigenvalue weighted by Gasteiger charge is -2.11. The van der Waals surface area contributed by atoms with Crippen molar-refractivity contribution in [3.8, 4) is 34.0 Å². The van der Waals surface area contributed by atoms with Gasteiger partial charge in [-0.05, 0) is 59.0 Å². The number of hydrogen-bond donors (Lipinski definition) is 0. The molecule has 5 rings (SSSR count). The van der Waals surface area contributed by atoms with E-state index >= 15 is 0 Å². The minimum atomic E-state index is -0.343. The third-order valence-corrected chi connectivity index (χ3v) is 4.90. The van der Waals surface area contributed by atoms with Gasteiger partial charge in [-0.25, -0.2) is 9.07 Å². The highest BCUT2D eigenvalue weighted by atomic mass is 35.5. The van der Waals surface area contributed by atoms with E-state index in [0.717, 1.165) is 11.4 Å². The zero-order chi connectivity index (χ0) is 20.5. The summed E-state index contributed by atoms with van der Waals surface area (Å²) in [7, 11) is 0. The van der Waals surface area contributed by atoms with Crippen LogP contribution in [0.5, 0.6) is 0 Å². The summed E-state index contributed by atoms with van der Waals surface area (Å²) in [6.45, 7) is 0. The van der Waals surface area contributed by atoms with Crippen molar-refractivity contribution < 1.29 is 4.39 Å². The first-order valence-corrected chi connectivity index (χ1v) is 9.52. The molecule has 3 aromatic carbocycles. The van der Waals surface area contributed by atoms with Crippen LogP contribution in [-0.2, 0) is 0 Å². The lowest BCUT2D eigenvalue weighted by Crippen LogP contribution is -2.02. The molecule has 8 heteroatoms. The number of para-hydroxylation sites is 1. The van der Waals surface area contributed by atoms with Gasteiger partial charge < -0.3 is 0 Å². The second-order valence-corrected chi connectivity index (χ2v) is 6.99. The second-order valence-electron chi connectivity index (χ2n) is 6.56. The predicted molar refractivity (Wildman–Crippen MR) is 112 cm³/mol. The van der Waals surface area contributed by atoms with E-state index in [4.69, 9.17) is 11.6 Å². The molecule has 0 aliphatic carbocycles. The Morgan fingerprint density at radius 2 is 1.57 bits per heavy atom. The second kappa shape index (κ2) is 7.53. The Morgan fingerprint density at radius 3 is 2.33 bits per heavy atom. The fraction of sp³-hybridized carbons (Fsp3) is 0. The number of hydrogen-bond acceptors (Lipinski definition) is 4. The summed E-state index contributed by atoms with van der Waals surface area (Å²) in [6.07, 6.45) is 1.68. The summed E-state index contributed by atoms with van der Waals surface area (Å²) in [5.74, 6) is 0.158. The zero-order valence-electron chi connectivity index (χ0n) is 15.5. The van der Waals surface area contributed by atoms with E-state index in [2.05, 4.69) is 20.6 Å². The molecular formula is C22H14ClFN6. The molecule has 2 aromatic heterocycles. The molecule has 0 bridgehead atoms. The van der Waals surface area contributed by atoms with Crippen molar-refractivity contribution in [1.82, 2.24) is 30.0 Å². The first kappa shape index (κ1) is 18.2. The monoisotopic (exact) mass is 416 g/mol. The number of rotatable bonds is 4. The summed E-state index contributed by atoms with van der Waals surface area (Å²) in [5.41, 5.74) is 3.58. The molecule has 5 aromatic rings. The molecule has 0 aliphatic heterocycles. The molecule has 0 spiro atoms. The normalized spacial score (nSPS) is 11.0. The quantitative estimate of drug-likeness (QED) is 0.415. The van der Waals surface area contributed by atoms with Crippen molar-refractivity contribution >= 4 is 11.6 Å². The Labute approximate surface area is 176 Å². The smallest absolute Gasteiger partial charge is 0.190 e.